The Bertz CT molecular complexity index is 389. The number of rotatable bonds is 6. The molecule has 0 spiro atoms. The molecule has 0 amide bonds. The Morgan fingerprint density at radius 1 is 1.42 bits per heavy atom. The first kappa shape index (κ1) is 14.8. The molecule has 0 aromatic carbocycles. The van der Waals surface area contributed by atoms with Crippen LogP contribution in [0.25, 0.3) is 0 Å². The third-order valence-electron chi connectivity index (χ3n) is 3.42. The van der Waals surface area contributed by atoms with Crippen LogP contribution in [-0.2, 0) is 11.2 Å². The Morgan fingerprint density at radius 2 is 2.26 bits per heavy atom. The van der Waals surface area contributed by atoms with E-state index < -0.39 is 0 Å². The lowest BCUT2D eigenvalue weighted by molar-refractivity contribution is 0.0677. The quantitative estimate of drug-likeness (QED) is 0.863. The van der Waals surface area contributed by atoms with Crippen molar-refractivity contribution in [3.05, 3.63) is 11.7 Å². The smallest absolute Gasteiger partial charge is 0.226 e. The van der Waals surface area contributed by atoms with Crippen LogP contribution in [0.2, 0.25) is 0 Å². The van der Waals surface area contributed by atoms with Gasteiger partial charge in [0.2, 0.25) is 11.7 Å². The third-order valence-corrected chi connectivity index (χ3v) is 4.42. The molecule has 0 radical (unpaired) electrons. The van der Waals surface area contributed by atoms with Gasteiger partial charge in [0.25, 0.3) is 0 Å². The average molecular weight is 285 g/mol. The monoisotopic (exact) mass is 285 g/mol. The molecule has 0 saturated carbocycles. The van der Waals surface area contributed by atoms with E-state index in [0.717, 1.165) is 43.9 Å². The molecule has 1 atom stereocenters. The van der Waals surface area contributed by atoms with Gasteiger partial charge in [-0.25, -0.2) is 0 Å². The van der Waals surface area contributed by atoms with Crippen LogP contribution in [0.5, 0.6) is 0 Å². The minimum atomic E-state index is -0.00620. The molecule has 1 aliphatic rings. The van der Waals surface area contributed by atoms with Crippen molar-refractivity contribution < 1.29 is 9.26 Å². The van der Waals surface area contributed by atoms with Crippen LogP contribution in [-0.4, -0.2) is 34.8 Å². The van der Waals surface area contributed by atoms with Gasteiger partial charge >= 0.3 is 0 Å². The molecule has 1 aromatic rings. The van der Waals surface area contributed by atoms with E-state index in [4.69, 9.17) is 15.0 Å². The lowest BCUT2D eigenvalue weighted by Gasteiger charge is -2.22. The van der Waals surface area contributed by atoms with Gasteiger partial charge in [-0.2, -0.15) is 16.7 Å². The SMILES string of the molecule is CC(C)(CCN)CCc1nc(C2CSCCO2)no1. The molecule has 0 aliphatic carbocycles. The number of nitrogens with zero attached hydrogens (tertiary/aromatic N) is 2. The molecular formula is C13H23N3O2S. The van der Waals surface area contributed by atoms with Gasteiger partial charge < -0.3 is 15.0 Å². The van der Waals surface area contributed by atoms with Gasteiger partial charge in [-0.05, 0) is 24.8 Å². The molecule has 2 heterocycles. The van der Waals surface area contributed by atoms with Gasteiger partial charge in [-0.1, -0.05) is 19.0 Å². The van der Waals surface area contributed by atoms with E-state index in [0.29, 0.717) is 11.7 Å². The second kappa shape index (κ2) is 6.72. The number of aromatic nitrogens is 2. The summed E-state index contributed by atoms with van der Waals surface area (Å²) in [5, 5.41) is 4.04. The molecule has 5 nitrogen and oxygen atoms in total. The van der Waals surface area contributed by atoms with E-state index in [-0.39, 0.29) is 11.5 Å². The van der Waals surface area contributed by atoms with E-state index in [1.165, 1.54) is 0 Å². The van der Waals surface area contributed by atoms with Crippen molar-refractivity contribution in [2.24, 2.45) is 11.1 Å². The second-order valence-electron chi connectivity index (χ2n) is 5.68. The Hall–Kier alpha value is -0.590. The molecule has 2 N–H and O–H groups in total. The van der Waals surface area contributed by atoms with Crippen molar-refractivity contribution in [2.75, 3.05) is 24.7 Å². The summed E-state index contributed by atoms with van der Waals surface area (Å²) >= 11 is 1.87. The van der Waals surface area contributed by atoms with Gasteiger partial charge in [0.15, 0.2) is 0 Å². The molecule has 0 bridgehead atoms. The summed E-state index contributed by atoms with van der Waals surface area (Å²) in [6, 6.07) is 0. The number of hydrogen-bond acceptors (Lipinski definition) is 6. The van der Waals surface area contributed by atoms with E-state index in [9.17, 15) is 0 Å². The average Bonchev–Trinajstić information content (AvgIpc) is 2.86. The van der Waals surface area contributed by atoms with Crippen molar-refractivity contribution in [1.29, 1.82) is 0 Å². The minimum Gasteiger partial charge on any atom is -0.368 e. The Kier molecular flexibility index (Phi) is 5.24. The van der Waals surface area contributed by atoms with Crippen LogP contribution < -0.4 is 5.73 Å². The molecule has 1 aromatic heterocycles. The predicted molar refractivity (Wildman–Crippen MR) is 76.1 cm³/mol. The molecule has 19 heavy (non-hydrogen) atoms. The van der Waals surface area contributed by atoms with E-state index >= 15 is 0 Å². The molecule has 1 aliphatic heterocycles. The maximum atomic E-state index is 5.64. The minimum absolute atomic E-state index is 0.00620. The van der Waals surface area contributed by atoms with E-state index in [1.807, 2.05) is 11.8 Å². The van der Waals surface area contributed by atoms with Gasteiger partial charge in [0, 0.05) is 17.9 Å². The molecular weight excluding hydrogens is 262 g/mol. The number of aryl methyl sites for hydroxylation is 1. The molecule has 6 heteroatoms. The van der Waals surface area contributed by atoms with Crippen LogP contribution in [0.1, 0.15) is 44.5 Å². The van der Waals surface area contributed by atoms with Crippen molar-refractivity contribution in [1.82, 2.24) is 10.1 Å². The molecule has 1 unspecified atom stereocenters. The first-order chi connectivity index (χ1) is 9.11. The maximum absolute atomic E-state index is 5.64. The fraction of sp³-hybridized carbons (Fsp3) is 0.846. The van der Waals surface area contributed by atoms with Crippen LogP contribution in [0.4, 0.5) is 0 Å². The summed E-state index contributed by atoms with van der Waals surface area (Å²) < 4.78 is 10.9. The highest BCUT2D eigenvalue weighted by Gasteiger charge is 2.23. The lowest BCUT2D eigenvalue weighted by atomic mass is 9.84. The van der Waals surface area contributed by atoms with Crippen LogP contribution in [0.3, 0.4) is 0 Å². The van der Waals surface area contributed by atoms with E-state index in [2.05, 4.69) is 24.0 Å². The fourth-order valence-electron chi connectivity index (χ4n) is 2.10. The molecule has 1 saturated heterocycles. The number of ether oxygens (including phenoxy) is 1. The summed E-state index contributed by atoms with van der Waals surface area (Å²) in [7, 11) is 0. The second-order valence-corrected chi connectivity index (χ2v) is 6.83. The van der Waals surface area contributed by atoms with Crippen molar-refractivity contribution in [3.63, 3.8) is 0 Å². The van der Waals surface area contributed by atoms with Gasteiger partial charge in [-0.3, -0.25) is 0 Å². The van der Waals surface area contributed by atoms with Crippen LogP contribution >= 0.6 is 11.8 Å². The highest BCUT2D eigenvalue weighted by atomic mass is 32.2. The largest absolute Gasteiger partial charge is 0.368 e. The van der Waals surface area contributed by atoms with Crippen LogP contribution in [0.15, 0.2) is 4.52 Å². The standard InChI is InChI=1S/C13H23N3O2S/c1-13(2,5-6-14)4-3-11-15-12(16-18-11)10-9-19-8-7-17-10/h10H,3-9,14H2,1-2H3. The first-order valence-corrected chi connectivity index (χ1v) is 7.98. The van der Waals surface area contributed by atoms with Gasteiger partial charge in [-0.15, -0.1) is 0 Å². The highest BCUT2D eigenvalue weighted by Crippen LogP contribution is 2.27. The fourth-order valence-corrected chi connectivity index (χ4v) is 2.94. The molecule has 1 fully saturated rings. The molecule has 108 valence electrons. The zero-order valence-corrected chi connectivity index (χ0v) is 12.5. The topological polar surface area (TPSA) is 74.2 Å². The van der Waals surface area contributed by atoms with Crippen molar-refractivity contribution in [3.8, 4) is 0 Å². The summed E-state index contributed by atoms with van der Waals surface area (Å²) in [6.07, 6.45) is 2.82. The summed E-state index contributed by atoms with van der Waals surface area (Å²) in [5.41, 5.74) is 5.84. The summed E-state index contributed by atoms with van der Waals surface area (Å²) in [5.74, 6) is 3.37. The van der Waals surface area contributed by atoms with Crippen LogP contribution in [0, 0.1) is 5.41 Å². The third kappa shape index (κ3) is 4.47. The lowest BCUT2D eigenvalue weighted by Crippen LogP contribution is -2.18. The number of thioether (sulfide) groups is 1. The highest BCUT2D eigenvalue weighted by molar-refractivity contribution is 7.99. The molecule has 2 rings (SSSR count). The zero-order chi connectivity index (χ0) is 13.7. The Balaban J connectivity index is 1.86. The summed E-state index contributed by atoms with van der Waals surface area (Å²) in [4.78, 5) is 4.45. The normalized spacial score (nSPS) is 20.7. The van der Waals surface area contributed by atoms with E-state index in [1.54, 1.807) is 0 Å². The zero-order valence-electron chi connectivity index (χ0n) is 11.7. The van der Waals surface area contributed by atoms with Crippen molar-refractivity contribution in [2.45, 2.75) is 39.2 Å². The number of hydrogen-bond donors (Lipinski definition) is 1. The predicted octanol–water partition coefficient (Wildman–Crippen LogP) is 2.18. The first-order valence-electron chi connectivity index (χ1n) is 6.83. The van der Waals surface area contributed by atoms with Crippen molar-refractivity contribution >= 4 is 11.8 Å². The Labute approximate surface area is 118 Å². The van der Waals surface area contributed by atoms with Gasteiger partial charge in [0.1, 0.15) is 6.10 Å². The Morgan fingerprint density at radius 3 is 2.95 bits per heavy atom. The van der Waals surface area contributed by atoms with Gasteiger partial charge in [0.05, 0.1) is 6.61 Å². The maximum Gasteiger partial charge on any atom is 0.226 e. The summed E-state index contributed by atoms with van der Waals surface area (Å²) in [6.45, 7) is 5.92. The number of nitrogens with two attached hydrogens (primary N) is 1.